The molecule has 0 aliphatic carbocycles. The molecule has 82 valence electrons. The fourth-order valence-corrected chi connectivity index (χ4v) is 1.59. The highest BCUT2D eigenvalue weighted by Crippen LogP contribution is 2.15. The van der Waals surface area contributed by atoms with Gasteiger partial charge in [0.1, 0.15) is 0 Å². The summed E-state index contributed by atoms with van der Waals surface area (Å²) in [6.45, 7) is 0.390. The van der Waals surface area contributed by atoms with E-state index >= 15 is 0 Å². The molecule has 0 aromatic carbocycles. The van der Waals surface area contributed by atoms with E-state index in [1.165, 1.54) is 0 Å². The van der Waals surface area contributed by atoms with Crippen molar-refractivity contribution in [1.82, 2.24) is 0 Å². The van der Waals surface area contributed by atoms with Crippen LogP contribution >= 0.6 is 45.2 Å². The van der Waals surface area contributed by atoms with E-state index in [1.807, 2.05) is 0 Å². The highest BCUT2D eigenvalue weighted by molar-refractivity contribution is 14.2. The van der Waals surface area contributed by atoms with Crippen molar-refractivity contribution in [2.45, 2.75) is 27.6 Å². The van der Waals surface area contributed by atoms with Crippen LogP contribution in [0.2, 0.25) is 0 Å². The Morgan fingerprint density at radius 3 is 2.43 bits per heavy atom. The predicted octanol–water partition coefficient (Wildman–Crippen LogP) is 2.37. The average molecular weight is 426 g/mol. The van der Waals surface area contributed by atoms with Crippen molar-refractivity contribution in [2.75, 3.05) is 6.61 Å². The molecule has 0 unspecified atom stereocenters. The highest BCUT2D eigenvalue weighted by Gasteiger charge is 2.06. The van der Waals surface area contributed by atoms with Gasteiger partial charge in [-0.15, -0.1) is 0 Å². The summed E-state index contributed by atoms with van der Waals surface area (Å²) in [5.74, 6) is -1.40. The number of hydrogen-bond donors (Lipinski definition) is 1. The second-order valence-electron chi connectivity index (χ2n) is 2.65. The number of carboxylic acid groups (broad SMARTS) is 1. The molecule has 0 aromatic heterocycles. The van der Waals surface area contributed by atoms with E-state index in [9.17, 15) is 9.59 Å². The summed E-state index contributed by atoms with van der Waals surface area (Å²) in [5, 5.41) is 8.30. The minimum absolute atomic E-state index is 0.0345. The van der Waals surface area contributed by atoms with Crippen LogP contribution in [0.25, 0.3) is 0 Å². The molecule has 0 saturated heterocycles. The molecule has 0 saturated carbocycles. The van der Waals surface area contributed by atoms with E-state index < -0.39 is 11.9 Å². The summed E-state index contributed by atoms with van der Waals surface area (Å²) in [5.41, 5.74) is 0. The normalized spacial score (nSPS) is 10.2. The maximum Gasteiger partial charge on any atom is 0.306 e. The number of aliphatic carboxylic acids is 1. The number of carbonyl (C=O) groups is 2. The quantitative estimate of drug-likeness (QED) is 0.294. The summed E-state index contributed by atoms with van der Waals surface area (Å²) < 4.78 is 5.38. The Kier molecular flexibility index (Phi) is 8.94. The molecule has 0 radical (unpaired) electrons. The van der Waals surface area contributed by atoms with Gasteiger partial charge in [0, 0.05) is 0 Å². The first-order valence-corrected chi connectivity index (χ1v) is 6.67. The number of halogens is 2. The molecule has 0 aromatic rings. The maximum absolute atomic E-state index is 10.9. The zero-order valence-corrected chi connectivity index (χ0v) is 11.9. The van der Waals surface area contributed by atoms with Crippen LogP contribution in [0.1, 0.15) is 25.7 Å². The molecule has 0 atom stereocenters. The molecule has 0 rings (SSSR count). The lowest BCUT2D eigenvalue weighted by Crippen LogP contribution is -2.08. The Bertz CT molecular complexity index is 194. The zero-order valence-electron chi connectivity index (χ0n) is 7.54. The second kappa shape index (κ2) is 8.69. The van der Waals surface area contributed by atoms with Gasteiger partial charge in [-0.2, -0.15) is 0 Å². The second-order valence-corrected chi connectivity index (χ2v) is 8.04. The van der Waals surface area contributed by atoms with E-state index in [2.05, 4.69) is 45.2 Å². The molecular weight excluding hydrogens is 414 g/mol. The number of carbonyl (C=O) groups excluding carboxylic acids is 1. The van der Waals surface area contributed by atoms with Crippen LogP contribution in [0.4, 0.5) is 0 Å². The Morgan fingerprint density at radius 1 is 1.29 bits per heavy atom. The largest absolute Gasteiger partial charge is 0.481 e. The number of esters is 1. The lowest BCUT2D eigenvalue weighted by atomic mass is 10.3. The molecule has 0 spiro atoms. The maximum atomic E-state index is 10.9. The van der Waals surface area contributed by atoms with Gasteiger partial charge in [-0.25, -0.2) is 0 Å². The summed E-state index contributed by atoms with van der Waals surface area (Å²) in [6, 6.07) is 0. The van der Waals surface area contributed by atoms with Gasteiger partial charge in [0.05, 0.1) is 21.4 Å². The van der Waals surface area contributed by atoms with Crippen LogP contribution in [-0.4, -0.2) is 25.6 Å². The Labute approximate surface area is 110 Å². The van der Waals surface area contributed by atoms with Crippen molar-refractivity contribution in [3.8, 4) is 0 Å². The van der Waals surface area contributed by atoms with Gasteiger partial charge in [-0.3, -0.25) is 9.59 Å². The van der Waals surface area contributed by atoms with Crippen LogP contribution in [0.5, 0.6) is 0 Å². The fourth-order valence-electron chi connectivity index (χ4n) is 0.705. The number of alkyl halides is 2. The lowest BCUT2D eigenvalue weighted by molar-refractivity contribution is -0.147. The average Bonchev–Trinajstić information content (AvgIpc) is 2.08. The molecule has 0 aliphatic heterocycles. The van der Waals surface area contributed by atoms with Crippen LogP contribution in [0, 0.1) is 0 Å². The third kappa shape index (κ3) is 10.5. The summed E-state index contributed by atoms with van der Waals surface area (Å²) in [4.78, 5) is 21.0. The van der Waals surface area contributed by atoms with E-state index in [0.29, 0.717) is 8.54 Å². The first-order chi connectivity index (χ1) is 6.52. The first kappa shape index (κ1) is 14.4. The van der Waals surface area contributed by atoms with Crippen molar-refractivity contribution in [3.63, 3.8) is 0 Å². The Hall–Kier alpha value is 0.400. The molecule has 4 nitrogen and oxygen atoms in total. The van der Waals surface area contributed by atoms with Crippen molar-refractivity contribution in [3.05, 3.63) is 0 Å². The summed E-state index contributed by atoms with van der Waals surface area (Å²) in [6.07, 6.45) is 1.63. The Morgan fingerprint density at radius 2 is 1.93 bits per heavy atom. The van der Waals surface area contributed by atoms with Gasteiger partial charge in [0.15, 0.2) is 0 Å². The molecule has 14 heavy (non-hydrogen) atoms. The monoisotopic (exact) mass is 426 g/mol. The lowest BCUT2D eigenvalue weighted by Gasteiger charge is -2.04. The van der Waals surface area contributed by atoms with Gasteiger partial charge in [0.25, 0.3) is 0 Å². The van der Waals surface area contributed by atoms with E-state index in [0.717, 1.165) is 12.8 Å². The molecular formula is C8H12I2O4. The standard InChI is InChI=1S/C8H12I2O4/c9-6(10)2-1-5-14-8(13)4-3-7(11)12/h6H,1-5H2,(H,11,12). The van der Waals surface area contributed by atoms with Gasteiger partial charge in [0.2, 0.25) is 0 Å². The third-order valence-electron chi connectivity index (χ3n) is 1.37. The Balaban J connectivity index is 3.31. The molecule has 0 aliphatic rings. The van der Waals surface area contributed by atoms with Crippen molar-refractivity contribution >= 4 is 57.1 Å². The number of carboxylic acids is 1. The van der Waals surface area contributed by atoms with Gasteiger partial charge in [-0.1, -0.05) is 45.2 Å². The van der Waals surface area contributed by atoms with Gasteiger partial charge < -0.3 is 9.84 Å². The van der Waals surface area contributed by atoms with Crippen LogP contribution in [0.3, 0.4) is 0 Å². The number of ether oxygens (including phenoxy) is 1. The molecule has 1 N–H and O–H groups in total. The topological polar surface area (TPSA) is 63.6 Å². The molecule has 0 amide bonds. The van der Waals surface area contributed by atoms with E-state index in [-0.39, 0.29) is 12.8 Å². The fraction of sp³-hybridized carbons (Fsp3) is 0.750. The van der Waals surface area contributed by atoms with Gasteiger partial charge in [-0.05, 0) is 12.8 Å². The predicted molar refractivity (Wildman–Crippen MR) is 68.9 cm³/mol. The molecule has 0 heterocycles. The minimum Gasteiger partial charge on any atom is -0.481 e. The van der Waals surface area contributed by atoms with E-state index in [1.54, 1.807) is 0 Å². The van der Waals surface area contributed by atoms with E-state index in [4.69, 9.17) is 9.84 Å². The van der Waals surface area contributed by atoms with Crippen LogP contribution < -0.4 is 0 Å². The summed E-state index contributed by atoms with van der Waals surface area (Å²) >= 11 is 4.59. The van der Waals surface area contributed by atoms with Crippen molar-refractivity contribution < 1.29 is 19.4 Å². The zero-order chi connectivity index (χ0) is 11.0. The molecule has 6 heteroatoms. The smallest absolute Gasteiger partial charge is 0.306 e. The van der Waals surface area contributed by atoms with Crippen LogP contribution in [0.15, 0.2) is 0 Å². The highest BCUT2D eigenvalue weighted by atomic mass is 127. The van der Waals surface area contributed by atoms with Gasteiger partial charge >= 0.3 is 11.9 Å². The molecule has 0 bridgehead atoms. The summed E-state index contributed by atoms with van der Waals surface area (Å²) in [7, 11) is 0. The third-order valence-corrected chi connectivity index (χ3v) is 2.62. The number of rotatable bonds is 7. The number of hydrogen-bond acceptors (Lipinski definition) is 3. The first-order valence-electron chi connectivity index (χ1n) is 4.18. The van der Waals surface area contributed by atoms with Crippen molar-refractivity contribution in [1.29, 1.82) is 0 Å². The SMILES string of the molecule is O=C(O)CCC(=O)OCCCC(I)I. The van der Waals surface area contributed by atoms with Crippen LogP contribution in [-0.2, 0) is 14.3 Å². The molecule has 0 fully saturated rings. The van der Waals surface area contributed by atoms with Crippen molar-refractivity contribution in [2.24, 2.45) is 0 Å². The minimum atomic E-state index is -0.971.